The number of esters is 1. The largest absolute Gasteiger partial charge is 0.459 e. The highest BCUT2D eigenvalue weighted by Crippen LogP contribution is 2.48. The Morgan fingerprint density at radius 3 is 2.68 bits per heavy atom. The molecule has 4 aliphatic rings. The zero-order valence-electron chi connectivity index (χ0n) is 12.4. The summed E-state index contributed by atoms with van der Waals surface area (Å²) in [5, 5.41) is 0. The average Bonchev–Trinajstić information content (AvgIpc) is 2.59. The Morgan fingerprint density at radius 1 is 1.21 bits per heavy atom. The molecule has 2 aliphatic carbocycles. The van der Waals surface area contributed by atoms with Crippen molar-refractivity contribution in [3.8, 4) is 0 Å². The van der Waals surface area contributed by atoms with Gasteiger partial charge in [-0.25, -0.2) is 0 Å². The molecule has 0 radical (unpaired) electrons. The molecule has 0 aromatic heterocycles. The Hall–Kier alpha value is -0.570. The van der Waals surface area contributed by atoms with Crippen LogP contribution in [0.25, 0.3) is 0 Å². The summed E-state index contributed by atoms with van der Waals surface area (Å²) < 4.78 is 11.9. The first kappa shape index (κ1) is 13.4. The highest BCUT2D eigenvalue weighted by Gasteiger charge is 2.48. The fourth-order valence-electron chi connectivity index (χ4n) is 4.00. The normalized spacial score (nSPS) is 41.1. The van der Waals surface area contributed by atoms with Crippen molar-refractivity contribution in [1.29, 1.82) is 0 Å². The van der Waals surface area contributed by atoms with E-state index in [1.54, 1.807) is 0 Å². The van der Waals surface area contributed by atoms with Crippen molar-refractivity contribution in [2.45, 2.75) is 65.1 Å². The van der Waals surface area contributed by atoms with Crippen molar-refractivity contribution in [2.24, 2.45) is 23.2 Å². The number of ether oxygens (including phenoxy) is 2. The fraction of sp³-hybridized carbons (Fsp3) is 0.938. The number of carbonyl (C=O) groups excluding carboxylic acids is 1. The minimum absolute atomic E-state index is 0.0138. The van der Waals surface area contributed by atoms with Gasteiger partial charge in [0.1, 0.15) is 6.10 Å². The monoisotopic (exact) mass is 266 g/mol. The molecule has 2 saturated heterocycles. The molecule has 4 rings (SSSR count). The predicted octanol–water partition coefficient (Wildman–Crippen LogP) is 3.17. The van der Waals surface area contributed by atoms with Crippen molar-refractivity contribution < 1.29 is 14.3 Å². The Balaban J connectivity index is 1.73. The number of carbonyl (C=O) groups is 1. The molecular weight excluding hydrogens is 240 g/mol. The third-order valence-electron chi connectivity index (χ3n) is 5.56. The topological polar surface area (TPSA) is 35.5 Å². The Bertz CT molecular complexity index is 355. The van der Waals surface area contributed by atoms with E-state index in [1.807, 2.05) is 20.8 Å². The molecule has 5 atom stereocenters. The number of rotatable bonds is 3. The lowest BCUT2D eigenvalue weighted by Crippen LogP contribution is -2.46. The van der Waals surface area contributed by atoms with Crippen molar-refractivity contribution in [3.63, 3.8) is 0 Å². The van der Waals surface area contributed by atoms with E-state index in [0.29, 0.717) is 11.8 Å². The summed E-state index contributed by atoms with van der Waals surface area (Å²) in [4.78, 5) is 12.3. The van der Waals surface area contributed by atoms with Crippen LogP contribution < -0.4 is 0 Å². The van der Waals surface area contributed by atoms with Crippen LogP contribution in [0.2, 0.25) is 0 Å². The summed E-state index contributed by atoms with van der Waals surface area (Å²) in [6, 6.07) is 0. The maximum atomic E-state index is 12.3. The van der Waals surface area contributed by atoms with E-state index in [1.165, 1.54) is 19.3 Å². The maximum absolute atomic E-state index is 12.3. The molecule has 4 bridgehead atoms. The van der Waals surface area contributed by atoms with Crippen LogP contribution in [0.3, 0.4) is 0 Å². The summed E-state index contributed by atoms with van der Waals surface area (Å²) in [7, 11) is 0. The molecule has 108 valence electrons. The van der Waals surface area contributed by atoms with Gasteiger partial charge in [0.25, 0.3) is 0 Å². The van der Waals surface area contributed by atoms with E-state index in [0.717, 1.165) is 25.4 Å². The number of fused-ring (bicyclic) bond motifs is 1. The van der Waals surface area contributed by atoms with Crippen molar-refractivity contribution in [2.75, 3.05) is 6.61 Å². The second-order valence-corrected chi connectivity index (χ2v) is 7.41. The summed E-state index contributed by atoms with van der Waals surface area (Å²) in [5.74, 6) is 2.01. The van der Waals surface area contributed by atoms with Gasteiger partial charge in [0.05, 0.1) is 11.5 Å². The molecule has 0 aromatic carbocycles. The predicted molar refractivity (Wildman–Crippen MR) is 72.6 cm³/mol. The molecule has 3 heteroatoms. The van der Waals surface area contributed by atoms with Crippen molar-refractivity contribution in [1.82, 2.24) is 0 Å². The molecule has 19 heavy (non-hydrogen) atoms. The second kappa shape index (κ2) is 4.76. The lowest BCUT2D eigenvalue weighted by Gasteiger charge is -2.43. The van der Waals surface area contributed by atoms with Gasteiger partial charge in [0.2, 0.25) is 0 Å². The van der Waals surface area contributed by atoms with E-state index in [-0.39, 0.29) is 23.6 Å². The van der Waals surface area contributed by atoms with Gasteiger partial charge in [-0.15, -0.1) is 0 Å². The fourth-order valence-corrected chi connectivity index (χ4v) is 4.00. The standard InChI is InChI=1S/C16H26O3/c1-4-16(2,3)15(17)19-14-12-6-10-5-11(7-12)9-18-13(14)8-10/h10-14H,4-9H2,1-3H3. The second-order valence-electron chi connectivity index (χ2n) is 7.41. The van der Waals surface area contributed by atoms with Gasteiger partial charge in [0.15, 0.2) is 0 Å². The molecule has 5 unspecified atom stereocenters. The smallest absolute Gasteiger partial charge is 0.311 e. The first-order chi connectivity index (χ1) is 8.99. The van der Waals surface area contributed by atoms with Crippen LogP contribution in [-0.2, 0) is 14.3 Å². The third kappa shape index (κ3) is 2.42. The van der Waals surface area contributed by atoms with E-state index < -0.39 is 0 Å². The van der Waals surface area contributed by atoms with Crippen LogP contribution in [0, 0.1) is 23.2 Å². The molecule has 2 aliphatic heterocycles. The Morgan fingerprint density at radius 2 is 1.95 bits per heavy atom. The molecule has 0 amide bonds. The summed E-state index contributed by atoms with van der Waals surface area (Å²) in [5.41, 5.74) is -0.372. The van der Waals surface area contributed by atoms with Gasteiger partial charge in [-0.2, -0.15) is 0 Å². The Kier molecular flexibility index (Phi) is 3.36. The van der Waals surface area contributed by atoms with Gasteiger partial charge in [-0.1, -0.05) is 6.92 Å². The number of hydrogen-bond donors (Lipinski definition) is 0. The van der Waals surface area contributed by atoms with Crippen LogP contribution in [0.5, 0.6) is 0 Å². The molecule has 2 saturated carbocycles. The van der Waals surface area contributed by atoms with Gasteiger partial charge in [-0.3, -0.25) is 4.79 Å². The van der Waals surface area contributed by atoms with Crippen LogP contribution >= 0.6 is 0 Å². The van der Waals surface area contributed by atoms with Gasteiger partial charge < -0.3 is 9.47 Å². The Labute approximate surface area is 116 Å². The maximum Gasteiger partial charge on any atom is 0.311 e. The summed E-state index contributed by atoms with van der Waals surface area (Å²) in [6.45, 7) is 6.87. The van der Waals surface area contributed by atoms with Crippen molar-refractivity contribution >= 4 is 5.97 Å². The van der Waals surface area contributed by atoms with Gasteiger partial charge in [0, 0.05) is 6.61 Å². The van der Waals surface area contributed by atoms with Crippen LogP contribution in [0.15, 0.2) is 0 Å². The van der Waals surface area contributed by atoms with E-state index >= 15 is 0 Å². The minimum Gasteiger partial charge on any atom is -0.459 e. The highest BCUT2D eigenvalue weighted by atomic mass is 16.6. The molecule has 4 fully saturated rings. The lowest BCUT2D eigenvalue weighted by molar-refractivity contribution is -0.176. The zero-order chi connectivity index (χ0) is 13.6. The van der Waals surface area contributed by atoms with E-state index in [9.17, 15) is 4.79 Å². The summed E-state index contributed by atoms with van der Waals surface area (Å²) >= 11 is 0. The van der Waals surface area contributed by atoms with Gasteiger partial charge >= 0.3 is 5.97 Å². The first-order valence-electron chi connectivity index (χ1n) is 7.82. The SMILES string of the molecule is CCC(C)(C)C(=O)OC1C2CC3COC1CC(C3)C2. The first-order valence-corrected chi connectivity index (χ1v) is 7.82. The molecular formula is C16H26O3. The minimum atomic E-state index is -0.372. The average molecular weight is 266 g/mol. The summed E-state index contributed by atoms with van der Waals surface area (Å²) in [6.07, 6.45) is 5.84. The van der Waals surface area contributed by atoms with Gasteiger partial charge in [-0.05, 0) is 63.7 Å². The third-order valence-corrected chi connectivity index (χ3v) is 5.56. The van der Waals surface area contributed by atoms with Crippen molar-refractivity contribution in [3.05, 3.63) is 0 Å². The van der Waals surface area contributed by atoms with E-state index in [4.69, 9.17) is 9.47 Å². The molecule has 3 nitrogen and oxygen atoms in total. The highest BCUT2D eigenvalue weighted by molar-refractivity contribution is 5.76. The number of hydrogen-bond acceptors (Lipinski definition) is 3. The van der Waals surface area contributed by atoms with E-state index in [2.05, 4.69) is 0 Å². The quantitative estimate of drug-likeness (QED) is 0.736. The zero-order valence-corrected chi connectivity index (χ0v) is 12.4. The van der Waals surface area contributed by atoms with Crippen LogP contribution in [0.4, 0.5) is 0 Å². The molecule has 2 heterocycles. The van der Waals surface area contributed by atoms with Crippen LogP contribution in [-0.4, -0.2) is 24.8 Å². The lowest BCUT2D eigenvalue weighted by atomic mass is 9.67. The molecule has 0 aromatic rings. The molecule has 0 N–H and O–H groups in total. The molecule has 0 spiro atoms. The van der Waals surface area contributed by atoms with Crippen LogP contribution in [0.1, 0.15) is 52.9 Å².